The van der Waals surface area contributed by atoms with Crippen molar-refractivity contribution in [3.8, 4) is 0 Å². The molecule has 0 aromatic heterocycles. The molecular weight excluding hydrogens is 192 g/mol. The monoisotopic (exact) mass is 192 g/mol. The number of carbonyl (C=O) groups excluding carboxylic acids is 1. The van der Waals surface area contributed by atoms with E-state index in [0.717, 1.165) is 0 Å². The minimum atomic E-state index is -2.33. The summed E-state index contributed by atoms with van der Waals surface area (Å²) < 4.78 is 0. The summed E-state index contributed by atoms with van der Waals surface area (Å²) in [6, 6.07) is 0. The predicted molar refractivity (Wildman–Crippen MR) is 5.40 cm³/mol. The fourth-order valence-corrected chi connectivity index (χ4v) is 0. The van der Waals surface area contributed by atoms with Gasteiger partial charge >= 0.3 is 37.7 Å². The number of rotatable bonds is 0. The van der Waals surface area contributed by atoms with Crippen LogP contribution in [0.15, 0.2) is 0 Å². The first-order valence-corrected chi connectivity index (χ1v) is 0.612. The third-order valence-electron chi connectivity index (χ3n) is 0. The van der Waals surface area contributed by atoms with E-state index in [2.05, 4.69) is 0 Å². The van der Waals surface area contributed by atoms with E-state index in [1.807, 2.05) is 0 Å². The molecule has 0 unspecified atom stereocenters. The van der Waals surface area contributed by atoms with Crippen LogP contribution >= 0.6 is 0 Å². The summed E-state index contributed by atoms with van der Waals surface area (Å²) in [6.07, 6.45) is -2.33. The molecule has 0 aliphatic heterocycles. The van der Waals surface area contributed by atoms with E-state index < -0.39 is 6.16 Å². The Bertz CT molecular complexity index is 38.3. The third-order valence-corrected chi connectivity index (χ3v) is 0. The predicted octanol–water partition coefficient (Wildman–Crippen LogP) is -8.44. The summed E-state index contributed by atoms with van der Waals surface area (Å²) in [5.74, 6) is 0. The fourth-order valence-electron chi connectivity index (χ4n) is 0. The van der Waals surface area contributed by atoms with E-state index in [0.29, 0.717) is 0 Å². The molecule has 0 amide bonds. The maximum Gasteiger partial charge on any atom is 1.00 e. The van der Waals surface area contributed by atoms with Gasteiger partial charge < -0.3 is 15.0 Å². The van der Waals surface area contributed by atoms with Crippen molar-refractivity contribution in [2.24, 2.45) is 0 Å². The van der Waals surface area contributed by atoms with Crippen LogP contribution in [0.5, 0.6) is 0 Å². The molecule has 0 N–H and O–H groups in total. The molecule has 7 heteroatoms. The molecular formula is CCo2Li2O3. The van der Waals surface area contributed by atoms with E-state index in [9.17, 15) is 0 Å². The zero-order valence-corrected chi connectivity index (χ0v) is 6.47. The van der Waals surface area contributed by atoms with Crippen molar-refractivity contribution in [1.82, 2.24) is 0 Å². The van der Waals surface area contributed by atoms with Gasteiger partial charge in [-0.3, -0.25) is 0 Å². The van der Waals surface area contributed by atoms with Gasteiger partial charge in [0.2, 0.25) is 0 Å². The van der Waals surface area contributed by atoms with Gasteiger partial charge in [-0.05, 0) is 6.16 Å². The first kappa shape index (κ1) is 34.0. The molecule has 0 saturated heterocycles. The maximum absolute atomic E-state index is 8.33. The van der Waals surface area contributed by atoms with Crippen LogP contribution in [0.25, 0.3) is 0 Å². The van der Waals surface area contributed by atoms with Crippen molar-refractivity contribution in [3.63, 3.8) is 0 Å². The molecule has 8 heavy (non-hydrogen) atoms. The zero-order valence-electron chi connectivity index (χ0n) is 4.39. The minimum absolute atomic E-state index is 0. The topological polar surface area (TPSA) is 63.2 Å². The SMILES string of the molecule is O=C([O-])[O-].[Co].[Co].[Li+].[Li+]. The largest absolute Gasteiger partial charge is 1.00 e. The van der Waals surface area contributed by atoms with Crippen LogP contribution in [0.2, 0.25) is 0 Å². The first-order chi connectivity index (χ1) is 1.73. The van der Waals surface area contributed by atoms with Gasteiger partial charge in [-0.1, -0.05) is 0 Å². The number of hydrogen-bond acceptors (Lipinski definition) is 3. The Balaban J connectivity index is -0.00000000750. The van der Waals surface area contributed by atoms with Gasteiger partial charge in [-0.2, -0.15) is 0 Å². The molecule has 0 spiro atoms. The number of carbonyl (C=O) groups is 1. The number of carboxylic acid groups (broad SMARTS) is 2. The van der Waals surface area contributed by atoms with Gasteiger partial charge in [0.1, 0.15) is 0 Å². The summed E-state index contributed by atoms with van der Waals surface area (Å²) in [7, 11) is 0. The van der Waals surface area contributed by atoms with Crippen molar-refractivity contribution in [2.45, 2.75) is 0 Å². The smallest absolute Gasteiger partial charge is 0.652 e. The van der Waals surface area contributed by atoms with Crippen LogP contribution in [-0.4, -0.2) is 6.16 Å². The molecule has 2 radical (unpaired) electrons. The van der Waals surface area contributed by atoms with Crippen LogP contribution in [-0.2, 0) is 33.6 Å². The molecule has 0 bridgehead atoms. The quantitative estimate of drug-likeness (QED) is 0.358. The molecule has 3 nitrogen and oxygen atoms in total. The second-order valence-corrected chi connectivity index (χ2v) is 0.250. The Kier molecular flexibility index (Phi) is 100. The average molecular weight is 192 g/mol. The van der Waals surface area contributed by atoms with Crippen LogP contribution in [0.3, 0.4) is 0 Å². The van der Waals surface area contributed by atoms with E-state index >= 15 is 0 Å². The average Bonchev–Trinajstić information content (AvgIpc) is 0.811. The molecule has 0 aromatic rings. The van der Waals surface area contributed by atoms with Crippen LogP contribution < -0.4 is 47.9 Å². The second-order valence-electron chi connectivity index (χ2n) is 0.250. The van der Waals surface area contributed by atoms with Gasteiger partial charge in [0.05, 0.1) is 0 Å². The molecule has 42 valence electrons. The molecule has 0 aromatic carbocycles. The maximum atomic E-state index is 8.33. The van der Waals surface area contributed by atoms with Crippen LogP contribution in [0, 0.1) is 0 Å². The minimum Gasteiger partial charge on any atom is -0.652 e. The molecule has 0 fully saturated rings. The van der Waals surface area contributed by atoms with Crippen molar-refractivity contribution < 1.29 is 86.3 Å². The Morgan fingerprint density at radius 1 is 1.00 bits per heavy atom. The van der Waals surface area contributed by atoms with Gasteiger partial charge in [0, 0.05) is 33.6 Å². The Morgan fingerprint density at radius 3 is 1.00 bits per heavy atom. The number of hydrogen-bond donors (Lipinski definition) is 0. The molecule has 0 aliphatic carbocycles. The normalized spacial score (nSPS) is 3.00. The standard InChI is InChI=1S/CH2O3.2Co.2Li/c2-1(3)4;;;;/h(H2,2,3,4);;;;/q;;;2*+1/p-2. The summed E-state index contributed by atoms with van der Waals surface area (Å²) in [4.78, 5) is 8.33. The van der Waals surface area contributed by atoms with Crippen molar-refractivity contribution in [2.75, 3.05) is 0 Å². The first-order valence-electron chi connectivity index (χ1n) is 0.612. The van der Waals surface area contributed by atoms with E-state index in [1.54, 1.807) is 0 Å². The van der Waals surface area contributed by atoms with Crippen LogP contribution in [0.1, 0.15) is 0 Å². The summed E-state index contributed by atoms with van der Waals surface area (Å²) in [5.41, 5.74) is 0. The van der Waals surface area contributed by atoms with E-state index in [-0.39, 0.29) is 71.3 Å². The van der Waals surface area contributed by atoms with Crippen molar-refractivity contribution in [3.05, 3.63) is 0 Å². The molecule has 0 aliphatic rings. The summed E-state index contributed by atoms with van der Waals surface area (Å²) >= 11 is 0. The Labute approximate surface area is 91.7 Å². The van der Waals surface area contributed by atoms with Crippen molar-refractivity contribution >= 4 is 6.16 Å². The van der Waals surface area contributed by atoms with Gasteiger partial charge in [0.25, 0.3) is 0 Å². The molecule has 0 rings (SSSR count). The summed E-state index contributed by atoms with van der Waals surface area (Å²) in [5, 5.41) is 16.7. The van der Waals surface area contributed by atoms with E-state index in [4.69, 9.17) is 15.0 Å². The Hall–Kier alpha value is 1.48. The van der Waals surface area contributed by atoms with E-state index in [1.165, 1.54) is 0 Å². The molecule has 0 saturated carbocycles. The van der Waals surface area contributed by atoms with Gasteiger partial charge in [-0.15, -0.1) is 0 Å². The Morgan fingerprint density at radius 2 is 1.00 bits per heavy atom. The third kappa shape index (κ3) is 144. The molecule has 0 heterocycles. The van der Waals surface area contributed by atoms with Gasteiger partial charge in [-0.25, -0.2) is 0 Å². The summed E-state index contributed by atoms with van der Waals surface area (Å²) in [6.45, 7) is 0. The molecule has 0 atom stereocenters. The van der Waals surface area contributed by atoms with Crippen LogP contribution in [0.4, 0.5) is 4.79 Å². The van der Waals surface area contributed by atoms with Gasteiger partial charge in [0.15, 0.2) is 0 Å². The second kappa shape index (κ2) is 23.6. The zero-order chi connectivity index (χ0) is 3.58. The fraction of sp³-hybridized carbons (Fsp3) is 0. The van der Waals surface area contributed by atoms with Crippen molar-refractivity contribution in [1.29, 1.82) is 0 Å².